The van der Waals surface area contributed by atoms with Crippen molar-refractivity contribution in [3.8, 4) is 5.82 Å². The third kappa shape index (κ3) is 3.67. The Balaban J connectivity index is 1.46. The van der Waals surface area contributed by atoms with Crippen molar-refractivity contribution in [2.75, 3.05) is 31.1 Å². The smallest absolute Gasteiger partial charge is 0.253 e. The lowest BCUT2D eigenvalue weighted by Crippen LogP contribution is -2.49. The van der Waals surface area contributed by atoms with E-state index in [1.165, 1.54) is 24.3 Å². The molecule has 0 bridgehead atoms. The van der Waals surface area contributed by atoms with Gasteiger partial charge in [-0.2, -0.15) is 0 Å². The number of aromatic nitrogens is 3. The Labute approximate surface area is 156 Å². The predicted molar refractivity (Wildman–Crippen MR) is 101 cm³/mol. The average molecular weight is 365 g/mol. The molecule has 27 heavy (non-hydrogen) atoms. The molecule has 1 aliphatic rings. The van der Waals surface area contributed by atoms with Gasteiger partial charge in [0.05, 0.1) is 0 Å². The maximum atomic E-state index is 13.1. The van der Waals surface area contributed by atoms with Crippen LogP contribution in [0.2, 0.25) is 0 Å². The number of hydrogen-bond donors (Lipinski definition) is 0. The summed E-state index contributed by atoms with van der Waals surface area (Å²) in [5, 5.41) is 0. The van der Waals surface area contributed by atoms with E-state index < -0.39 is 0 Å². The molecule has 0 spiro atoms. The second-order valence-corrected chi connectivity index (χ2v) is 6.51. The van der Waals surface area contributed by atoms with Crippen LogP contribution in [-0.4, -0.2) is 51.5 Å². The molecular weight excluding hydrogens is 345 g/mol. The Morgan fingerprint density at radius 2 is 1.59 bits per heavy atom. The molecule has 1 amide bonds. The SMILES string of the molecule is Cc1nc(N2CCN(C(=O)c3ccc(F)cc3)CC2)cc(-n2cccc2)n1. The Hall–Kier alpha value is -3.22. The zero-order chi connectivity index (χ0) is 18.8. The highest BCUT2D eigenvalue weighted by Crippen LogP contribution is 2.18. The molecule has 0 N–H and O–H groups in total. The number of carbonyl (C=O) groups excluding carboxylic acids is 1. The third-order valence-electron chi connectivity index (χ3n) is 4.66. The number of nitrogens with zero attached hydrogens (tertiary/aromatic N) is 5. The normalized spacial score (nSPS) is 14.4. The summed E-state index contributed by atoms with van der Waals surface area (Å²) >= 11 is 0. The van der Waals surface area contributed by atoms with Crippen LogP contribution in [0.5, 0.6) is 0 Å². The highest BCUT2D eigenvalue weighted by molar-refractivity contribution is 5.94. The average Bonchev–Trinajstić information content (AvgIpc) is 3.23. The first-order valence-corrected chi connectivity index (χ1v) is 8.89. The van der Waals surface area contributed by atoms with E-state index in [0.29, 0.717) is 37.6 Å². The van der Waals surface area contributed by atoms with Crippen molar-refractivity contribution in [3.05, 3.63) is 72.1 Å². The maximum absolute atomic E-state index is 13.1. The molecule has 0 atom stereocenters. The third-order valence-corrected chi connectivity index (χ3v) is 4.66. The van der Waals surface area contributed by atoms with E-state index in [0.717, 1.165) is 11.6 Å². The molecule has 0 aliphatic carbocycles. The number of rotatable bonds is 3. The van der Waals surface area contributed by atoms with Crippen LogP contribution in [0.25, 0.3) is 5.82 Å². The van der Waals surface area contributed by atoms with Crippen LogP contribution in [0.15, 0.2) is 54.9 Å². The summed E-state index contributed by atoms with van der Waals surface area (Å²) < 4.78 is 15.0. The number of hydrogen-bond acceptors (Lipinski definition) is 4. The van der Waals surface area contributed by atoms with Crippen molar-refractivity contribution in [1.29, 1.82) is 0 Å². The van der Waals surface area contributed by atoms with Gasteiger partial charge in [-0.1, -0.05) is 0 Å². The molecule has 4 rings (SSSR count). The van der Waals surface area contributed by atoms with Crippen molar-refractivity contribution < 1.29 is 9.18 Å². The Morgan fingerprint density at radius 1 is 0.963 bits per heavy atom. The molecule has 1 fully saturated rings. The van der Waals surface area contributed by atoms with Crippen LogP contribution in [0.4, 0.5) is 10.2 Å². The first-order chi connectivity index (χ1) is 13.1. The van der Waals surface area contributed by atoms with Crippen LogP contribution >= 0.6 is 0 Å². The summed E-state index contributed by atoms with van der Waals surface area (Å²) in [6.45, 7) is 4.45. The van der Waals surface area contributed by atoms with Gasteiger partial charge in [-0.3, -0.25) is 4.79 Å². The Bertz CT molecular complexity index is 932. The lowest BCUT2D eigenvalue weighted by Gasteiger charge is -2.35. The molecule has 1 aromatic carbocycles. The molecule has 6 nitrogen and oxygen atoms in total. The zero-order valence-electron chi connectivity index (χ0n) is 15.0. The molecule has 0 unspecified atom stereocenters. The number of amides is 1. The largest absolute Gasteiger partial charge is 0.353 e. The number of piperazine rings is 1. The number of carbonyl (C=O) groups is 1. The lowest BCUT2D eigenvalue weighted by molar-refractivity contribution is 0.0746. The highest BCUT2D eigenvalue weighted by Gasteiger charge is 2.23. The molecule has 3 heterocycles. The van der Waals surface area contributed by atoms with Crippen LogP contribution in [0, 0.1) is 12.7 Å². The molecule has 0 radical (unpaired) electrons. The second-order valence-electron chi connectivity index (χ2n) is 6.51. The van der Waals surface area contributed by atoms with E-state index in [9.17, 15) is 9.18 Å². The summed E-state index contributed by atoms with van der Waals surface area (Å²) in [5.74, 6) is 1.99. The molecular formula is C20H20FN5O. The summed E-state index contributed by atoms with van der Waals surface area (Å²) in [6, 6.07) is 11.6. The van der Waals surface area contributed by atoms with Gasteiger partial charge in [-0.25, -0.2) is 14.4 Å². The van der Waals surface area contributed by atoms with Gasteiger partial charge in [0.25, 0.3) is 5.91 Å². The van der Waals surface area contributed by atoms with Gasteiger partial charge in [0, 0.05) is 50.2 Å². The number of benzene rings is 1. The van der Waals surface area contributed by atoms with E-state index >= 15 is 0 Å². The van der Waals surface area contributed by atoms with Gasteiger partial charge in [0.2, 0.25) is 0 Å². The summed E-state index contributed by atoms with van der Waals surface area (Å²) in [5.41, 5.74) is 0.512. The minimum Gasteiger partial charge on any atom is -0.353 e. The van der Waals surface area contributed by atoms with E-state index in [1.807, 2.05) is 42.1 Å². The Kier molecular flexibility index (Phi) is 4.58. The van der Waals surface area contributed by atoms with Gasteiger partial charge < -0.3 is 14.4 Å². The molecule has 7 heteroatoms. The molecule has 0 saturated carbocycles. The first kappa shape index (κ1) is 17.2. The summed E-state index contributed by atoms with van der Waals surface area (Å²) in [6.07, 6.45) is 3.90. The van der Waals surface area contributed by atoms with Crippen LogP contribution < -0.4 is 4.90 Å². The van der Waals surface area contributed by atoms with Crippen LogP contribution in [-0.2, 0) is 0 Å². The molecule has 138 valence electrons. The van der Waals surface area contributed by atoms with Crippen molar-refractivity contribution in [1.82, 2.24) is 19.4 Å². The highest BCUT2D eigenvalue weighted by atomic mass is 19.1. The molecule has 2 aromatic heterocycles. The van der Waals surface area contributed by atoms with Crippen molar-refractivity contribution in [2.24, 2.45) is 0 Å². The fourth-order valence-corrected chi connectivity index (χ4v) is 3.23. The van der Waals surface area contributed by atoms with Gasteiger partial charge in [-0.05, 0) is 43.3 Å². The number of aryl methyl sites for hydroxylation is 1. The van der Waals surface area contributed by atoms with Crippen molar-refractivity contribution in [3.63, 3.8) is 0 Å². The maximum Gasteiger partial charge on any atom is 0.253 e. The topological polar surface area (TPSA) is 54.3 Å². The first-order valence-electron chi connectivity index (χ1n) is 8.89. The molecule has 1 aliphatic heterocycles. The van der Waals surface area contributed by atoms with E-state index in [2.05, 4.69) is 14.9 Å². The predicted octanol–water partition coefficient (Wildman–Crippen LogP) is 2.68. The zero-order valence-corrected chi connectivity index (χ0v) is 15.0. The van der Waals surface area contributed by atoms with Gasteiger partial charge in [0.1, 0.15) is 23.3 Å². The summed E-state index contributed by atoms with van der Waals surface area (Å²) in [4.78, 5) is 25.6. The van der Waals surface area contributed by atoms with E-state index in [1.54, 1.807) is 4.90 Å². The fraction of sp³-hybridized carbons (Fsp3) is 0.250. The number of anilines is 1. The van der Waals surface area contributed by atoms with E-state index in [-0.39, 0.29) is 11.7 Å². The Morgan fingerprint density at radius 3 is 2.26 bits per heavy atom. The molecule has 1 saturated heterocycles. The van der Waals surface area contributed by atoms with Gasteiger partial charge >= 0.3 is 0 Å². The van der Waals surface area contributed by atoms with Gasteiger partial charge in [-0.15, -0.1) is 0 Å². The number of halogens is 1. The minimum atomic E-state index is -0.339. The second kappa shape index (κ2) is 7.19. The van der Waals surface area contributed by atoms with Crippen LogP contribution in [0.3, 0.4) is 0 Å². The van der Waals surface area contributed by atoms with Crippen molar-refractivity contribution >= 4 is 11.7 Å². The van der Waals surface area contributed by atoms with Gasteiger partial charge in [0.15, 0.2) is 0 Å². The minimum absolute atomic E-state index is 0.0680. The monoisotopic (exact) mass is 365 g/mol. The van der Waals surface area contributed by atoms with Crippen molar-refractivity contribution in [2.45, 2.75) is 6.92 Å². The lowest BCUT2D eigenvalue weighted by atomic mass is 10.2. The van der Waals surface area contributed by atoms with E-state index in [4.69, 9.17) is 0 Å². The van der Waals surface area contributed by atoms with Crippen LogP contribution in [0.1, 0.15) is 16.2 Å². The fourth-order valence-electron chi connectivity index (χ4n) is 3.23. The quantitative estimate of drug-likeness (QED) is 0.716. The molecule has 3 aromatic rings. The summed E-state index contributed by atoms with van der Waals surface area (Å²) in [7, 11) is 0. The standard InChI is InChI=1S/C20H20FN5O/c1-15-22-18(24-8-2-3-9-24)14-19(23-15)25-10-12-26(13-11-25)20(27)16-4-6-17(21)7-5-16/h2-9,14H,10-13H2,1H3.